The molecule has 3 N–H and O–H groups in total. The zero-order valence-electron chi connectivity index (χ0n) is 18.4. The summed E-state index contributed by atoms with van der Waals surface area (Å²) in [6, 6.07) is 9.80. The third-order valence-electron chi connectivity index (χ3n) is 6.30. The van der Waals surface area contributed by atoms with Gasteiger partial charge in [0.15, 0.2) is 5.78 Å². The number of amides is 1. The maximum Gasteiger partial charge on any atom is 0.263 e. The molecule has 3 aromatic rings. The van der Waals surface area contributed by atoms with E-state index in [9.17, 15) is 9.59 Å². The first-order valence-corrected chi connectivity index (χ1v) is 11.9. The van der Waals surface area contributed by atoms with E-state index in [2.05, 4.69) is 19.2 Å². The third kappa shape index (κ3) is 3.69. The number of Topliss-reactive ketones (excluding diaryl/α,β-unsaturated/α-hetero) is 1. The summed E-state index contributed by atoms with van der Waals surface area (Å²) < 4.78 is 5.61. The Morgan fingerprint density at radius 1 is 1.25 bits per heavy atom. The van der Waals surface area contributed by atoms with Crippen LogP contribution in [0.25, 0.3) is 21.3 Å². The van der Waals surface area contributed by atoms with E-state index < -0.39 is 0 Å². The van der Waals surface area contributed by atoms with Crippen molar-refractivity contribution in [1.29, 1.82) is 0 Å². The van der Waals surface area contributed by atoms with Gasteiger partial charge in [0, 0.05) is 36.1 Å². The van der Waals surface area contributed by atoms with Crippen LogP contribution in [0.2, 0.25) is 0 Å². The van der Waals surface area contributed by atoms with Crippen LogP contribution in [0.3, 0.4) is 0 Å². The molecule has 1 aromatic carbocycles. The summed E-state index contributed by atoms with van der Waals surface area (Å²) in [4.78, 5) is 32.3. The van der Waals surface area contributed by atoms with Gasteiger partial charge in [0.05, 0.1) is 17.5 Å². The fraction of sp³-hybridized carbons (Fsp3) is 0.400. The highest BCUT2D eigenvalue weighted by atomic mass is 32.1. The molecule has 1 fully saturated rings. The zero-order chi connectivity index (χ0) is 22.5. The highest BCUT2D eigenvalue weighted by Gasteiger charge is 2.36. The molecule has 166 valence electrons. The number of carbonyl (C=O) groups is 2. The molecule has 32 heavy (non-hydrogen) atoms. The summed E-state index contributed by atoms with van der Waals surface area (Å²) in [6.07, 6.45) is 3.20. The highest BCUT2D eigenvalue weighted by molar-refractivity contribution is 7.21. The maximum atomic E-state index is 13.3. The van der Waals surface area contributed by atoms with Crippen molar-refractivity contribution < 1.29 is 14.3 Å². The number of nitrogens with one attached hydrogen (secondary N) is 1. The van der Waals surface area contributed by atoms with Crippen molar-refractivity contribution >= 4 is 38.9 Å². The van der Waals surface area contributed by atoms with E-state index in [0.29, 0.717) is 45.7 Å². The van der Waals surface area contributed by atoms with Gasteiger partial charge in [0.25, 0.3) is 5.91 Å². The van der Waals surface area contributed by atoms with Crippen molar-refractivity contribution in [1.82, 2.24) is 10.3 Å². The molecule has 1 atom stereocenters. The second-order valence-electron chi connectivity index (χ2n) is 9.49. The fourth-order valence-corrected chi connectivity index (χ4v) is 5.86. The van der Waals surface area contributed by atoms with Gasteiger partial charge >= 0.3 is 0 Å². The molecule has 1 saturated heterocycles. The molecule has 6 nitrogen and oxygen atoms in total. The molecule has 0 bridgehead atoms. The van der Waals surface area contributed by atoms with Gasteiger partial charge in [-0.3, -0.25) is 9.59 Å². The molecule has 2 aromatic heterocycles. The third-order valence-corrected chi connectivity index (χ3v) is 7.40. The Morgan fingerprint density at radius 2 is 2.03 bits per heavy atom. The topological polar surface area (TPSA) is 94.3 Å². The first-order chi connectivity index (χ1) is 15.3. The monoisotopic (exact) mass is 449 g/mol. The number of ketones is 1. The number of nitrogens with two attached hydrogens (primary N) is 1. The van der Waals surface area contributed by atoms with Crippen LogP contribution < -0.4 is 11.1 Å². The van der Waals surface area contributed by atoms with Crippen LogP contribution in [0.4, 0.5) is 5.69 Å². The number of thiophene rings is 1. The Bertz CT molecular complexity index is 1210. The molecule has 1 aliphatic carbocycles. The number of aromatic nitrogens is 1. The number of benzene rings is 1. The highest BCUT2D eigenvalue weighted by Crippen LogP contribution is 2.46. The lowest BCUT2D eigenvalue weighted by Crippen LogP contribution is -2.31. The smallest absolute Gasteiger partial charge is 0.263 e. The van der Waals surface area contributed by atoms with Gasteiger partial charge in [-0.1, -0.05) is 44.2 Å². The maximum absolute atomic E-state index is 13.3. The molecular weight excluding hydrogens is 422 g/mol. The van der Waals surface area contributed by atoms with E-state index in [1.165, 1.54) is 11.3 Å². The lowest BCUT2D eigenvalue weighted by atomic mass is 9.73. The summed E-state index contributed by atoms with van der Waals surface area (Å²) in [7, 11) is 0. The number of rotatable bonds is 4. The van der Waals surface area contributed by atoms with Gasteiger partial charge in [-0.2, -0.15) is 0 Å². The standard InChI is InChI=1S/C25H27N3O3S/c1-25(2)11-16-19(17(29)12-25)18(14-7-4-3-5-8-14)20-21(26)22(32-24(20)28-16)23(30)27-13-15-9-6-10-31-15/h3-5,7-8,15H,6,9-13,26H2,1-2H3,(H,27,30)/t15-/m1/s1. The molecule has 2 aliphatic rings. The van der Waals surface area contributed by atoms with Crippen molar-refractivity contribution in [2.24, 2.45) is 5.41 Å². The Balaban J connectivity index is 1.65. The summed E-state index contributed by atoms with van der Waals surface area (Å²) >= 11 is 1.30. The van der Waals surface area contributed by atoms with Crippen molar-refractivity contribution in [2.75, 3.05) is 18.9 Å². The SMILES string of the molecule is CC1(C)CC(=O)c2c(nc3sc(C(=O)NC[C@H]4CCCO4)c(N)c3c2-c2ccccc2)C1. The van der Waals surface area contributed by atoms with Crippen LogP contribution in [-0.2, 0) is 11.2 Å². The molecule has 0 spiro atoms. The fourth-order valence-electron chi connectivity index (χ4n) is 4.82. The molecule has 7 heteroatoms. The lowest BCUT2D eigenvalue weighted by molar-refractivity contribution is 0.0861. The molecule has 1 amide bonds. The van der Waals surface area contributed by atoms with Gasteiger partial charge in [-0.15, -0.1) is 11.3 Å². The van der Waals surface area contributed by atoms with Crippen LogP contribution in [-0.4, -0.2) is 35.9 Å². The number of hydrogen-bond donors (Lipinski definition) is 2. The summed E-state index contributed by atoms with van der Waals surface area (Å²) in [6.45, 7) is 5.39. The first-order valence-electron chi connectivity index (χ1n) is 11.1. The van der Waals surface area contributed by atoms with Gasteiger partial charge in [-0.25, -0.2) is 4.98 Å². The summed E-state index contributed by atoms with van der Waals surface area (Å²) in [5.41, 5.74) is 9.97. The van der Waals surface area contributed by atoms with Crippen molar-refractivity contribution in [3.63, 3.8) is 0 Å². The number of fused-ring (bicyclic) bond motifs is 2. The molecule has 0 unspecified atom stereocenters. The van der Waals surface area contributed by atoms with E-state index >= 15 is 0 Å². The second kappa shape index (κ2) is 7.98. The minimum absolute atomic E-state index is 0.0553. The van der Waals surface area contributed by atoms with Crippen LogP contribution in [0, 0.1) is 5.41 Å². The predicted molar refractivity (Wildman–Crippen MR) is 127 cm³/mol. The quantitative estimate of drug-likeness (QED) is 0.607. The van der Waals surface area contributed by atoms with Crippen LogP contribution in [0.1, 0.15) is 58.8 Å². The molecule has 0 saturated carbocycles. The van der Waals surface area contributed by atoms with E-state index in [1.807, 2.05) is 30.3 Å². The van der Waals surface area contributed by atoms with Gasteiger partial charge in [-0.05, 0) is 30.2 Å². The van der Waals surface area contributed by atoms with E-state index in [1.54, 1.807) is 0 Å². The van der Waals surface area contributed by atoms with Crippen molar-refractivity contribution in [3.05, 3.63) is 46.5 Å². The van der Waals surface area contributed by atoms with E-state index in [4.69, 9.17) is 15.5 Å². The minimum Gasteiger partial charge on any atom is -0.397 e. The normalized spacial score (nSPS) is 19.8. The molecular formula is C25H27N3O3S. The Hall–Kier alpha value is -2.77. The first kappa shape index (κ1) is 21.1. The van der Waals surface area contributed by atoms with E-state index in [-0.39, 0.29) is 23.2 Å². The zero-order valence-corrected chi connectivity index (χ0v) is 19.2. The minimum atomic E-state index is -0.218. The van der Waals surface area contributed by atoms with Gasteiger partial charge < -0.3 is 15.8 Å². The number of pyridine rings is 1. The number of carbonyl (C=O) groups excluding carboxylic acids is 2. The largest absolute Gasteiger partial charge is 0.397 e. The molecule has 1 aliphatic heterocycles. The number of ether oxygens (including phenoxy) is 1. The lowest BCUT2D eigenvalue weighted by Gasteiger charge is -2.30. The Kier molecular flexibility index (Phi) is 5.26. The molecule has 0 radical (unpaired) electrons. The average molecular weight is 450 g/mol. The summed E-state index contributed by atoms with van der Waals surface area (Å²) in [5, 5.41) is 3.67. The van der Waals surface area contributed by atoms with Gasteiger partial charge in [0.1, 0.15) is 9.71 Å². The van der Waals surface area contributed by atoms with Crippen molar-refractivity contribution in [3.8, 4) is 11.1 Å². The average Bonchev–Trinajstić information content (AvgIpc) is 3.38. The van der Waals surface area contributed by atoms with Crippen LogP contribution in [0.15, 0.2) is 30.3 Å². The molecule has 5 rings (SSSR count). The Labute approximate surface area is 191 Å². The van der Waals surface area contributed by atoms with Gasteiger partial charge in [0.2, 0.25) is 0 Å². The molecule has 3 heterocycles. The Morgan fingerprint density at radius 3 is 2.75 bits per heavy atom. The second-order valence-corrected chi connectivity index (χ2v) is 10.5. The number of nitrogen functional groups attached to an aromatic ring is 1. The van der Waals surface area contributed by atoms with Crippen LogP contribution in [0.5, 0.6) is 0 Å². The van der Waals surface area contributed by atoms with Crippen molar-refractivity contribution in [2.45, 2.75) is 45.6 Å². The van der Waals surface area contributed by atoms with Crippen LogP contribution >= 0.6 is 11.3 Å². The number of anilines is 1. The summed E-state index contributed by atoms with van der Waals surface area (Å²) in [5.74, 6) is -0.135. The number of nitrogens with zero attached hydrogens (tertiary/aromatic N) is 1. The van der Waals surface area contributed by atoms with E-state index in [0.717, 1.165) is 36.3 Å². The number of hydrogen-bond acceptors (Lipinski definition) is 6. The predicted octanol–water partition coefficient (Wildman–Crippen LogP) is 4.61.